The zero-order chi connectivity index (χ0) is 13.4. The molecule has 4 nitrogen and oxygen atoms in total. The molecule has 1 heterocycles. The number of carbonyl (C=O) groups excluding carboxylic acids is 1. The largest absolute Gasteiger partial charge is 0.411 e. The number of amides is 1. The highest BCUT2D eigenvalue weighted by molar-refractivity contribution is 5.75. The number of carbonyl (C=O) groups is 1. The van der Waals surface area contributed by atoms with E-state index in [2.05, 4.69) is 15.4 Å². The van der Waals surface area contributed by atoms with Gasteiger partial charge in [-0.25, -0.2) is 0 Å². The fourth-order valence-electron chi connectivity index (χ4n) is 1.80. The van der Waals surface area contributed by atoms with Crippen LogP contribution in [0.1, 0.15) is 19.3 Å². The number of hydrogen-bond donors (Lipinski definition) is 2. The third kappa shape index (κ3) is 7.50. The maximum atomic E-state index is 11.7. The molecule has 1 aliphatic heterocycles. The standard InChI is InChI=1S/C11H19F3N2O2/c12-11(13,14)8-18-5-3-10(17)16-7-9-2-1-4-15-6-9/h9,15H,1-8H2,(H,16,17). The van der Waals surface area contributed by atoms with Gasteiger partial charge in [0.1, 0.15) is 6.61 Å². The van der Waals surface area contributed by atoms with Crippen LogP contribution in [0.4, 0.5) is 13.2 Å². The van der Waals surface area contributed by atoms with Gasteiger partial charge in [0.25, 0.3) is 0 Å². The summed E-state index contributed by atoms with van der Waals surface area (Å²) in [7, 11) is 0. The Bertz CT molecular complexity index is 253. The van der Waals surface area contributed by atoms with Crippen LogP contribution in [0, 0.1) is 5.92 Å². The minimum Gasteiger partial charge on any atom is -0.372 e. The molecule has 0 aromatic heterocycles. The number of piperidine rings is 1. The van der Waals surface area contributed by atoms with Gasteiger partial charge in [0.15, 0.2) is 0 Å². The lowest BCUT2D eigenvalue weighted by molar-refractivity contribution is -0.174. The average molecular weight is 268 g/mol. The Morgan fingerprint density at radius 3 is 2.83 bits per heavy atom. The predicted molar refractivity (Wildman–Crippen MR) is 60.1 cm³/mol. The first kappa shape index (κ1) is 15.2. The highest BCUT2D eigenvalue weighted by Crippen LogP contribution is 2.14. The highest BCUT2D eigenvalue weighted by Gasteiger charge is 2.27. The summed E-state index contributed by atoms with van der Waals surface area (Å²) in [5, 5.41) is 5.94. The molecule has 0 spiro atoms. The van der Waals surface area contributed by atoms with Gasteiger partial charge >= 0.3 is 6.18 Å². The van der Waals surface area contributed by atoms with Crippen LogP contribution in [0.3, 0.4) is 0 Å². The van der Waals surface area contributed by atoms with Gasteiger partial charge in [0.2, 0.25) is 5.91 Å². The Labute approximate surface area is 104 Å². The summed E-state index contributed by atoms with van der Waals surface area (Å²) in [6.45, 7) is 0.965. The molecule has 0 radical (unpaired) electrons. The minimum atomic E-state index is -4.33. The molecule has 1 rings (SSSR count). The molecule has 7 heteroatoms. The predicted octanol–water partition coefficient (Wildman–Crippen LogP) is 1.07. The fourth-order valence-corrected chi connectivity index (χ4v) is 1.80. The van der Waals surface area contributed by atoms with Crippen LogP contribution in [0.5, 0.6) is 0 Å². The van der Waals surface area contributed by atoms with Crippen molar-refractivity contribution < 1.29 is 22.7 Å². The second-order valence-corrected chi connectivity index (χ2v) is 4.43. The summed E-state index contributed by atoms with van der Waals surface area (Å²) in [6.07, 6.45) is -2.20. The van der Waals surface area contributed by atoms with Crippen LogP contribution in [0.2, 0.25) is 0 Å². The van der Waals surface area contributed by atoms with E-state index in [9.17, 15) is 18.0 Å². The van der Waals surface area contributed by atoms with Gasteiger partial charge in [-0.1, -0.05) is 0 Å². The molecule has 1 aliphatic rings. The van der Waals surface area contributed by atoms with Crippen molar-refractivity contribution in [1.29, 1.82) is 0 Å². The highest BCUT2D eigenvalue weighted by atomic mass is 19.4. The van der Waals surface area contributed by atoms with Gasteiger partial charge in [0.05, 0.1) is 6.61 Å². The summed E-state index contributed by atoms with van der Waals surface area (Å²) in [4.78, 5) is 11.3. The Hall–Kier alpha value is -0.820. The van der Waals surface area contributed by atoms with Gasteiger partial charge in [-0.05, 0) is 31.8 Å². The third-order valence-corrected chi connectivity index (χ3v) is 2.73. The van der Waals surface area contributed by atoms with E-state index in [4.69, 9.17) is 0 Å². The molecule has 18 heavy (non-hydrogen) atoms. The van der Waals surface area contributed by atoms with Crippen LogP contribution < -0.4 is 10.6 Å². The first-order valence-electron chi connectivity index (χ1n) is 6.09. The van der Waals surface area contributed by atoms with Crippen molar-refractivity contribution >= 4 is 5.91 Å². The summed E-state index contributed by atoms with van der Waals surface area (Å²) >= 11 is 0. The summed E-state index contributed by atoms with van der Waals surface area (Å²) in [5.41, 5.74) is 0. The van der Waals surface area contributed by atoms with E-state index in [1.807, 2.05) is 0 Å². The van der Waals surface area contributed by atoms with Crippen molar-refractivity contribution in [3.05, 3.63) is 0 Å². The van der Waals surface area contributed by atoms with Gasteiger partial charge in [0, 0.05) is 13.0 Å². The topological polar surface area (TPSA) is 50.4 Å². The maximum absolute atomic E-state index is 11.7. The number of hydrogen-bond acceptors (Lipinski definition) is 3. The lowest BCUT2D eigenvalue weighted by Gasteiger charge is -2.22. The molecule has 106 valence electrons. The first-order valence-corrected chi connectivity index (χ1v) is 6.09. The Morgan fingerprint density at radius 2 is 2.22 bits per heavy atom. The van der Waals surface area contributed by atoms with Crippen LogP contribution in [-0.2, 0) is 9.53 Å². The van der Waals surface area contributed by atoms with Crippen molar-refractivity contribution in [3.63, 3.8) is 0 Å². The molecule has 2 N–H and O–H groups in total. The molecule has 0 aliphatic carbocycles. The zero-order valence-corrected chi connectivity index (χ0v) is 10.2. The molecule has 0 bridgehead atoms. The lowest BCUT2D eigenvalue weighted by atomic mass is 10.00. The second kappa shape index (κ2) is 7.58. The number of ether oxygens (including phenoxy) is 1. The summed E-state index contributed by atoms with van der Waals surface area (Å²) in [6, 6.07) is 0. The van der Waals surface area contributed by atoms with E-state index in [1.54, 1.807) is 0 Å². The molecule has 0 aromatic carbocycles. The quantitative estimate of drug-likeness (QED) is 0.709. The first-order chi connectivity index (χ1) is 8.47. The molecule has 0 aromatic rings. The molecule has 1 fully saturated rings. The smallest absolute Gasteiger partial charge is 0.372 e. The number of nitrogens with one attached hydrogen (secondary N) is 2. The minimum absolute atomic E-state index is 0.0315. The van der Waals surface area contributed by atoms with Crippen LogP contribution in [-0.4, -0.2) is 44.9 Å². The van der Waals surface area contributed by atoms with Gasteiger partial charge in [-0.15, -0.1) is 0 Å². The zero-order valence-electron chi connectivity index (χ0n) is 10.2. The average Bonchev–Trinajstić information content (AvgIpc) is 2.32. The van der Waals surface area contributed by atoms with Crippen molar-refractivity contribution in [1.82, 2.24) is 10.6 Å². The normalized spacial score (nSPS) is 20.7. The van der Waals surface area contributed by atoms with Gasteiger partial charge < -0.3 is 15.4 Å². The molecule has 1 unspecified atom stereocenters. The fraction of sp³-hybridized carbons (Fsp3) is 0.909. The monoisotopic (exact) mass is 268 g/mol. The third-order valence-electron chi connectivity index (χ3n) is 2.73. The lowest BCUT2D eigenvalue weighted by Crippen LogP contribution is -2.38. The molecule has 1 atom stereocenters. The molecular weight excluding hydrogens is 249 g/mol. The van der Waals surface area contributed by atoms with E-state index in [1.165, 1.54) is 0 Å². The summed E-state index contributed by atoms with van der Waals surface area (Å²) in [5.74, 6) is 0.154. The molecule has 1 saturated heterocycles. The Morgan fingerprint density at radius 1 is 1.44 bits per heavy atom. The van der Waals surface area contributed by atoms with E-state index in [0.717, 1.165) is 25.9 Å². The van der Waals surface area contributed by atoms with Crippen molar-refractivity contribution in [2.45, 2.75) is 25.4 Å². The van der Waals surface area contributed by atoms with Crippen LogP contribution >= 0.6 is 0 Å². The number of alkyl halides is 3. The maximum Gasteiger partial charge on any atom is 0.411 e. The van der Waals surface area contributed by atoms with Gasteiger partial charge in [-0.2, -0.15) is 13.2 Å². The van der Waals surface area contributed by atoms with Crippen molar-refractivity contribution in [2.24, 2.45) is 5.92 Å². The molecular formula is C11H19F3N2O2. The summed E-state index contributed by atoms with van der Waals surface area (Å²) < 4.78 is 39.6. The van der Waals surface area contributed by atoms with Gasteiger partial charge in [-0.3, -0.25) is 4.79 Å². The van der Waals surface area contributed by atoms with Crippen LogP contribution in [0.25, 0.3) is 0 Å². The molecule has 0 saturated carbocycles. The Kier molecular flexibility index (Phi) is 6.42. The van der Waals surface area contributed by atoms with Crippen molar-refractivity contribution in [2.75, 3.05) is 32.8 Å². The Balaban J connectivity index is 2.00. The van der Waals surface area contributed by atoms with E-state index in [-0.39, 0.29) is 18.9 Å². The number of rotatable bonds is 6. The van der Waals surface area contributed by atoms with Crippen LogP contribution in [0.15, 0.2) is 0 Å². The van der Waals surface area contributed by atoms with E-state index >= 15 is 0 Å². The second-order valence-electron chi connectivity index (χ2n) is 4.43. The van der Waals surface area contributed by atoms with Crippen molar-refractivity contribution in [3.8, 4) is 0 Å². The van der Waals surface area contributed by atoms with E-state index < -0.39 is 12.8 Å². The molecule has 1 amide bonds. The number of halogens is 3. The SMILES string of the molecule is O=C(CCOCC(F)(F)F)NCC1CCCNC1. The van der Waals surface area contributed by atoms with E-state index in [0.29, 0.717) is 12.5 Å².